The van der Waals surface area contributed by atoms with Gasteiger partial charge in [0.1, 0.15) is 0 Å². The Morgan fingerprint density at radius 3 is 2.86 bits per heavy atom. The molecule has 1 aliphatic heterocycles. The number of carbonyl (C=O) groups is 1. The van der Waals surface area contributed by atoms with Gasteiger partial charge in [-0.15, -0.1) is 11.3 Å². The fourth-order valence-electron chi connectivity index (χ4n) is 3.24. The molecule has 4 heteroatoms. The molecule has 3 nitrogen and oxygen atoms in total. The van der Waals surface area contributed by atoms with Gasteiger partial charge in [-0.2, -0.15) is 0 Å². The highest BCUT2D eigenvalue weighted by Gasteiger charge is 2.36. The summed E-state index contributed by atoms with van der Waals surface area (Å²) in [6, 6.07) is 10.4. The van der Waals surface area contributed by atoms with Gasteiger partial charge in [-0.3, -0.25) is 4.79 Å². The van der Waals surface area contributed by atoms with Gasteiger partial charge >= 0.3 is 0 Å². The van der Waals surface area contributed by atoms with Crippen molar-refractivity contribution in [2.45, 2.75) is 31.2 Å². The van der Waals surface area contributed by atoms with Crippen LogP contribution in [0.5, 0.6) is 0 Å². The highest BCUT2D eigenvalue weighted by atomic mass is 32.1. The average Bonchev–Trinajstić information content (AvgIpc) is 3.12. The van der Waals surface area contributed by atoms with Crippen molar-refractivity contribution >= 4 is 22.9 Å². The first-order valence-electron chi connectivity index (χ1n) is 7.48. The van der Waals surface area contributed by atoms with Gasteiger partial charge in [-0.05, 0) is 53.8 Å². The summed E-state index contributed by atoms with van der Waals surface area (Å²) in [5, 5.41) is 2.04. The minimum atomic E-state index is 0.0871. The van der Waals surface area contributed by atoms with Gasteiger partial charge in [0.2, 0.25) is 0 Å². The Balaban J connectivity index is 1.73. The highest BCUT2D eigenvalue weighted by molar-refractivity contribution is 7.12. The standard InChI is InChI=1S/C17H18N2OS/c18-10-13-9-12-3-1-2-4-15(12)19(13)17(20)16-14(7-8-21-16)11-5-6-11/h1-4,7-8,11,13H,5-6,9-10,18H2. The number of rotatable bonds is 3. The summed E-state index contributed by atoms with van der Waals surface area (Å²) in [7, 11) is 0. The lowest BCUT2D eigenvalue weighted by molar-refractivity contribution is 0.0983. The van der Waals surface area contributed by atoms with Gasteiger partial charge < -0.3 is 10.6 Å². The molecular weight excluding hydrogens is 280 g/mol. The zero-order valence-corrected chi connectivity index (χ0v) is 12.6. The first kappa shape index (κ1) is 13.0. The van der Waals surface area contributed by atoms with E-state index in [0.29, 0.717) is 12.5 Å². The third-order valence-corrected chi connectivity index (χ3v) is 5.39. The zero-order chi connectivity index (χ0) is 14.4. The molecule has 1 fully saturated rings. The summed E-state index contributed by atoms with van der Waals surface area (Å²) in [5.74, 6) is 0.733. The number of amides is 1. The number of nitrogens with two attached hydrogens (primary N) is 1. The second-order valence-electron chi connectivity index (χ2n) is 5.88. The quantitative estimate of drug-likeness (QED) is 0.946. The summed E-state index contributed by atoms with van der Waals surface area (Å²) in [5.41, 5.74) is 9.42. The molecule has 2 aliphatic rings. The first-order valence-corrected chi connectivity index (χ1v) is 8.36. The summed E-state index contributed by atoms with van der Waals surface area (Å²) >= 11 is 1.57. The number of thiophene rings is 1. The van der Waals surface area contributed by atoms with Crippen LogP contribution in [0.15, 0.2) is 35.7 Å². The Bertz CT molecular complexity index is 690. The SMILES string of the molecule is NCC1Cc2ccccc2N1C(=O)c1sccc1C1CC1. The predicted molar refractivity (Wildman–Crippen MR) is 86.1 cm³/mol. The molecule has 4 rings (SSSR count). The maximum Gasteiger partial charge on any atom is 0.268 e. The van der Waals surface area contributed by atoms with E-state index in [4.69, 9.17) is 5.73 Å². The highest BCUT2D eigenvalue weighted by Crippen LogP contribution is 2.44. The molecule has 0 saturated heterocycles. The molecule has 2 heterocycles. The Kier molecular flexibility index (Phi) is 3.08. The van der Waals surface area contributed by atoms with Crippen LogP contribution < -0.4 is 10.6 Å². The van der Waals surface area contributed by atoms with Gasteiger partial charge in [0.05, 0.1) is 10.9 Å². The Hall–Kier alpha value is -1.65. The van der Waals surface area contributed by atoms with E-state index < -0.39 is 0 Å². The fourth-order valence-corrected chi connectivity index (χ4v) is 4.16. The van der Waals surface area contributed by atoms with Crippen LogP contribution in [0.4, 0.5) is 5.69 Å². The van der Waals surface area contributed by atoms with Crippen molar-refractivity contribution in [3.8, 4) is 0 Å². The summed E-state index contributed by atoms with van der Waals surface area (Å²) < 4.78 is 0. The number of para-hydroxylation sites is 1. The number of carbonyl (C=O) groups excluding carboxylic acids is 1. The second-order valence-corrected chi connectivity index (χ2v) is 6.79. The average molecular weight is 298 g/mol. The third-order valence-electron chi connectivity index (χ3n) is 4.47. The van der Waals surface area contributed by atoms with Crippen molar-refractivity contribution in [1.29, 1.82) is 0 Å². The lowest BCUT2D eigenvalue weighted by Gasteiger charge is -2.24. The maximum atomic E-state index is 13.1. The minimum absolute atomic E-state index is 0.0871. The molecule has 21 heavy (non-hydrogen) atoms. The monoisotopic (exact) mass is 298 g/mol. The Morgan fingerprint density at radius 1 is 1.29 bits per heavy atom. The normalized spacial score (nSPS) is 20.6. The van der Waals surface area contributed by atoms with Crippen LogP contribution in [0.2, 0.25) is 0 Å². The van der Waals surface area contributed by atoms with Crippen LogP contribution >= 0.6 is 11.3 Å². The van der Waals surface area contributed by atoms with E-state index in [-0.39, 0.29) is 11.9 Å². The van der Waals surface area contributed by atoms with Crippen LogP contribution in [-0.2, 0) is 6.42 Å². The lowest BCUT2D eigenvalue weighted by atomic mass is 10.1. The molecule has 1 atom stereocenters. The molecule has 1 aliphatic carbocycles. The van der Waals surface area contributed by atoms with Gasteiger partial charge in [0.15, 0.2) is 0 Å². The van der Waals surface area contributed by atoms with Crippen LogP contribution in [0.25, 0.3) is 0 Å². The van der Waals surface area contributed by atoms with E-state index in [0.717, 1.165) is 17.0 Å². The molecule has 1 unspecified atom stereocenters. The van der Waals surface area contributed by atoms with Crippen molar-refractivity contribution in [3.05, 3.63) is 51.7 Å². The number of hydrogen-bond acceptors (Lipinski definition) is 3. The smallest absolute Gasteiger partial charge is 0.268 e. The molecule has 108 valence electrons. The summed E-state index contributed by atoms with van der Waals surface area (Å²) in [4.78, 5) is 15.9. The summed E-state index contributed by atoms with van der Waals surface area (Å²) in [6.45, 7) is 0.505. The Morgan fingerprint density at radius 2 is 2.10 bits per heavy atom. The van der Waals surface area contributed by atoms with Crippen molar-refractivity contribution in [2.24, 2.45) is 5.73 Å². The van der Waals surface area contributed by atoms with Gasteiger partial charge in [0, 0.05) is 12.2 Å². The number of hydrogen-bond donors (Lipinski definition) is 1. The van der Waals surface area contributed by atoms with E-state index in [9.17, 15) is 4.79 Å². The van der Waals surface area contributed by atoms with Crippen LogP contribution in [0, 0.1) is 0 Å². The first-order chi connectivity index (χ1) is 10.3. The molecule has 0 bridgehead atoms. The predicted octanol–water partition coefficient (Wildman–Crippen LogP) is 3.16. The largest absolute Gasteiger partial charge is 0.328 e. The molecule has 1 aromatic carbocycles. The number of fused-ring (bicyclic) bond motifs is 1. The number of benzene rings is 1. The van der Waals surface area contributed by atoms with E-state index in [1.165, 1.54) is 24.0 Å². The van der Waals surface area contributed by atoms with E-state index in [1.807, 2.05) is 28.5 Å². The molecule has 0 radical (unpaired) electrons. The van der Waals surface area contributed by atoms with Crippen LogP contribution in [0.3, 0.4) is 0 Å². The van der Waals surface area contributed by atoms with Gasteiger partial charge in [-0.25, -0.2) is 0 Å². The van der Waals surface area contributed by atoms with E-state index in [1.54, 1.807) is 11.3 Å². The Labute approximate surface area is 128 Å². The maximum absolute atomic E-state index is 13.1. The molecular formula is C17H18N2OS. The molecule has 0 spiro atoms. The second kappa shape index (κ2) is 4.97. The van der Waals surface area contributed by atoms with Crippen molar-refractivity contribution in [3.63, 3.8) is 0 Å². The zero-order valence-electron chi connectivity index (χ0n) is 11.8. The molecule has 2 N–H and O–H groups in total. The van der Waals surface area contributed by atoms with E-state index >= 15 is 0 Å². The molecule has 1 amide bonds. The van der Waals surface area contributed by atoms with Crippen molar-refractivity contribution < 1.29 is 4.79 Å². The molecule has 1 saturated carbocycles. The van der Waals surface area contributed by atoms with Crippen LogP contribution in [0.1, 0.15) is 39.6 Å². The number of anilines is 1. The topological polar surface area (TPSA) is 46.3 Å². The van der Waals surface area contributed by atoms with Gasteiger partial charge in [-0.1, -0.05) is 18.2 Å². The van der Waals surface area contributed by atoms with Crippen molar-refractivity contribution in [1.82, 2.24) is 0 Å². The fraction of sp³-hybridized carbons (Fsp3) is 0.353. The van der Waals surface area contributed by atoms with Crippen molar-refractivity contribution in [2.75, 3.05) is 11.4 Å². The summed E-state index contributed by atoms with van der Waals surface area (Å²) in [6.07, 6.45) is 3.30. The lowest BCUT2D eigenvalue weighted by Crippen LogP contribution is -2.42. The number of nitrogens with zero attached hydrogens (tertiary/aromatic N) is 1. The third kappa shape index (κ3) is 2.10. The molecule has 1 aromatic heterocycles. The van der Waals surface area contributed by atoms with E-state index in [2.05, 4.69) is 12.1 Å². The van der Waals surface area contributed by atoms with Gasteiger partial charge in [0.25, 0.3) is 5.91 Å². The van der Waals surface area contributed by atoms with Crippen LogP contribution in [-0.4, -0.2) is 18.5 Å². The molecule has 2 aromatic rings. The minimum Gasteiger partial charge on any atom is -0.328 e.